The molecule has 0 aliphatic heterocycles. The van der Waals surface area contributed by atoms with Gasteiger partial charge in [0.15, 0.2) is 0 Å². The summed E-state index contributed by atoms with van der Waals surface area (Å²) in [6.45, 7) is -0.494. The van der Waals surface area contributed by atoms with Gasteiger partial charge in [0, 0.05) is 10.6 Å². The number of nitrogens with one attached hydrogen (secondary N) is 2. The number of urea groups is 1. The number of methoxy groups -OCH3 is 1. The third kappa shape index (κ3) is 5.09. The molecule has 0 radical (unpaired) electrons. The number of allylic oxidation sites excluding steroid dienone is 1. The molecule has 1 aliphatic rings. The predicted octanol–water partition coefficient (Wildman–Crippen LogP) is 5.39. The van der Waals surface area contributed by atoms with Crippen molar-refractivity contribution in [2.24, 2.45) is 0 Å². The lowest BCUT2D eigenvalue weighted by molar-refractivity contribution is 0.246. The van der Waals surface area contributed by atoms with E-state index in [0.717, 1.165) is 40.9 Å². The number of aromatic nitrogens is 2. The third-order valence-corrected chi connectivity index (χ3v) is 7.94. The zero-order chi connectivity index (χ0) is 26.9. The fourth-order valence-electron chi connectivity index (χ4n) is 4.57. The molecule has 196 valence electrons. The summed E-state index contributed by atoms with van der Waals surface area (Å²) in [4.78, 5) is 12.1. The Morgan fingerprint density at radius 3 is 2.68 bits per heavy atom. The van der Waals surface area contributed by atoms with Crippen LogP contribution < -0.4 is 14.8 Å². The van der Waals surface area contributed by atoms with E-state index in [1.165, 1.54) is 19.2 Å². The first-order valence-electron chi connectivity index (χ1n) is 11.8. The molecule has 3 aromatic carbocycles. The lowest BCUT2D eigenvalue weighted by atomic mass is 9.92. The van der Waals surface area contributed by atoms with E-state index in [-0.39, 0.29) is 15.7 Å². The van der Waals surface area contributed by atoms with Crippen LogP contribution in [0.25, 0.3) is 22.0 Å². The molecule has 0 atom stereocenters. The van der Waals surface area contributed by atoms with Crippen molar-refractivity contribution in [3.05, 3.63) is 89.0 Å². The van der Waals surface area contributed by atoms with Gasteiger partial charge >= 0.3 is 6.03 Å². The molecule has 0 spiro atoms. The molecule has 8 nitrogen and oxygen atoms in total. The summed E-state index contributed by atoms with van der Waals surface area (Å²) < 4.78 is 49.6. The Balaban J connectivity index is 1.37. The fourth-order valence-corrected chi connectivity index (χ4v) is 5.93. The number of nitrogens with zero attached hydrogens (tertiary/aromatic N) is 2. The second-order valence-electron chi connectivity index (χ2n) is 8.78. The van der Waals surface area contributed by atoms with Crippen molar-refractivity contribution < 1.29 is 22.3 Å². The molecular weight excluding hydrogens is 531 g/mol. The quantitative estimate of drug-likeness (QED) is 0.332. The number of carbonyl (C=O) groups is 1. The van der Waals surface area contributed by atoms with Gasteiger partial charge in [-0.25, -0.2) is 27.0 Å². The van der Waals surface area contributed by atoms with E-state index in [0.29, 0.717) is 17.7 Å². The van der Waals surface area contributed by atoms with Crippen LogP contribution in [0.15, 0.2) is 77.6 Å². The van der Waals surface area contributed by atoms with E-state index in [2.05, 4.69) is 10.4 Å². The van der Waals surface area contributed by atoms with Gasteiger partial charge in [0.05, 0.1) is 31.2 Å². The van der Waals surface area contributed by atoms with E-state index in [4.69, 9.17) is 16.3 Å². The van der Waals surface area contributed by atoms with Gasteiger partial charge in [0.2, 0.25) is 0 Å². The summed E-state index contributed by atoms with van der Waals surface area (Å²) in [6, 6.07) is 16.8. The SMILES string of the molecule is COc1ccc(Cl)cc1S(=O)(=O)NC(=O)NC/C(F)=C1\CCCc2cnn(-c3ccc4ccccc4c3)c21. The second-order valence-corrected chi connectivity index (χ2v) is 10.9. The van der Waals surface area contributed by atoms with E-state index < -0.39 is 28.4 Å². The molecule has 2 amide bonds. The first-order valence-corrected chi connectivity index (χ1v) is 13.7. The lowest BCUT2D eigenvalue weighted by Crippen LogP contribution is -2.40. The van der Waals surface area contributed by atoms with Crippen LogP contribution in [0.3, 0.4) is 0 Å². The fraction of sp³-hybridized carbons (Fsp3) is 0.185. The Bertz CT molecular complexity index is 1680. The summed E-state index contributed by atoms with van der Waals surface area (Å²) in [5.41, 5.74) is 2.79. The van der Waals surface area contributed by atoms with Gasteiger partial charge in [-0.15, -0.1) is 0 Å². The van der Waals surface area contributed by atoms with Crippen LogP contribution in [0.1, 0.15) is 24.1 Å². The van der Waals surface area contributed by atoms with Gasteiger partial charge < -0.3 is 10.1 Å². The highest BCUT2D eigenvalue weighted by Gasteiger charge is 2.26. The number of amides is 2. The Morgan fingerprint density at radius 1 is 1.11 bits per heavy atom. The number of halogens is 2. The zero-order valence-electron chi connectivity index (χ0n) is 20.4. The normalized spacial score (nSPS) is 14.6. The largest absolute Gasteiger partial charge is 0.495 e. The smallest absolute Gasteiger partial charge is 0.329 e. The van der Waals surface area contributed by atoms with Crippen LogP contribution in [0.4, 0.5) is 9.18 Å². The number of benzene rings is 3. The number of fused-ring (bicyclic) bond motifs is 2. The summed E-state index contributed by atoms with van der Waals surface area (Å²) in [5.74, 6) is -0.555. The van der Waals surface area contributed by atoms with Gasteiger partial charge in [-0.1, -0.05) is 41.9 Å². The van der Waals surface area contributed by atoms with Crippen LogP contribution >= 0.6 is 11.6 Å². The minimum atomic E-state index is -4.32. The average Bonchev–Trinajstić information content (AvgIpc) is 3.35. The van der Waals surface area contributed by atoms with E-state index in [9.17, 15) is 13.2 Å². The predicted molar refractivity (Wildman–Crippen MR) is 144 cm³/mol. The maximum absolute atomic E-state index is 15.5. The molecule has 0 bridgehead atoms. The Morgan fingerprint density at radius 2 is 1.89 bits per heavy atom. The van der Waals surface area contributed by atoms with Gasteiger partial charge in [0.1, 0.15) is 16.5 Å². The van der Waals surface area contributed by atoms with Crippen LogP contribution in [-0.2, 0) is 16.4 Å². The minimum Gasteiger partial charge on any atom is -0.495 e. The highest BCUT2D eigenvalue weighted by atomic mass is 35.5. The topological polar surface area (TPSA) is 102 Å². The van der Waals surface area contributed by atoms with Crippen molar-refractivity contribution in [2.45, 2.75) is 24.2 Å². The van der Waals surface area contributed by atoms with E-state index in [1.54, 1.807) is 10.9 Å². The van der Waals surface area contributed by atoms with Crippen molar-refractivity contribution >= 4 is 44.0 Å². The lowest BCUT2D eigenvalue weighted by Gasteiger charge is -2.19. The second kappa shape index (κ2) is 10.5. The van der Waals surface area contributed by atoms with E-state index in [1.807, 2.05) is 47.2 Å². The number of sulfonamides is 1. The molecule has 1 aromatic heterocycles. The first kappa shape index (κ1) is 25.7. The van der Waals surface area contributed by atoms with Crippen molar-refractivity contribution in [1.82, 2.24) is 19.8 Å². The molecule has 38 heavy (non-hydrogen) atoms. The number of carbonyl (C=O) groups excluding carboxylic acids is 1. The van der Waals surface area contributed by atoms with Crippen LogP contribution in [-0.4, -0.2) is 37.9 Å². The minimum absolute atomic E-state index is 0.0136. The monoisotopic (exact) mass is 554 g/mol. The molecule has 5 rings (SSSR count). The van der Waals surface area contributed by atoms with Crippen molar-refractivity contribution in [3.63, 3.8) is 0 Å². The third-order valence-electron chi connectivity index (χ3n) is 6.36. The number of hydrogen-bond donors (Lipinski definition) is 2. The van der Waals surface area contributed by atoms with Crippen LogP contribution in [0, 0.1) is 0 Å². The molecule has 0 saturated heterocycles. The molecule has 0 unspecified atom stereocenters. The number of ether oxygens (including phenoxy) is 1. The maximum atomic E-state index is 15.5. The number of hydrogen-bond acceptors (Lipinski definition) is 5. The zero-order valence-corrected chi connectivity index (χ0v) is 21.9. The standard InChI is InChI=1S/C27H24ClFN4O4S/c1-37-24-12-10-20(28)14-25(24)38(35,36)32-27(34)30-16-23(29)22-8-4-7-19-15-31-33(26(19)22)21-11-9-17-5-2-3-6-18(17)13-21/h2-3,5-6,9-15H,4,7-8,16H2,1H3,(H2,30,32,34)/b23-22-. The average molecular weight is 555 g/mol. The summed E-state index contributed by atoms with van der Waals surface area (Å²) in [7, 11) is -3.03. The molecular formula is C27H24ClFN4O4S. The molecule has 11 heteroatoms. The Kier molecular flexibility index (Phi) is 7.09. The number of aryl methyl sites for hydroxylation is 1. The molecule has 1 heterocycles. The van der Waals surface area contributed by atoms with Crippen molar-refractivity contribution in [1.29, 1.82) is 0 Å². The van der Waals surface area contributed by atoms with Crippen LogP contribution in [0.2, 0.25) is 5.02 Å². The Hall–Kier alpha value is -3.89. The van der Waals surface area contributed by atoms with Crippen LogP contribution in [0.5, 0.6) is 5.75 Å². The van der Waals surface area contributed by atoms with Crippen molar-refractivity contribution in [2.75, 3.05) is 13.7 Å². The first-order chi connectivity index (χ1) is 18.3. The molecule has 1 aliphatic carbocycles. The number of rotatable bonds is 6. The summed E-state index contributed by atoms with van der Waals surface area (Å²) >= 11 is 5.91. The summed E-state index contributed by atoms with van der Waals surface area (Å²) in [6.07, 6.45) is 3.68. The van der Waals surface area contributed by atoms with Gasteiger partial charge in [-0.3, -0.25) is 0 Å². The molecule has 2 N–H and O–H groups in total. The highest BCUT2D eigenvalue weighted by molar-refractivity contribution is 7.90. The van der Waals surface area contributed by atoms with Gasteiger partial charge in [-0.2, -0.15) is 5.10 Å². The van der Waals surface area contributed by atoms with Gasteiger partial charge in [-0.05, 0) is 65.9 Å². The highest BCUT2D eigenvalue weighted by Crippen LogP contribution is 2.35. The maximum Gasteiger partial charge on any atom is 0.329 e. The molecule has 0 fully saturated rings. The summed E-state index contributed by atoms with van der Waals surface area (Å²) in [5, 5.41) is 9.09. The molecule has 0 saturated carbocycles. The van der Waals surface area contributed by atoms with Gasteiger partial charge in [0.25, 0.3) is 10.0 Å². The Labute approximate surface area is 224 Å². The van der Waals surface area contributed by atoms with Crippen molar-refractivity contribution in [3.8, 4) is 11.4 Å². The van der Waals surface area contributed by atoms with E-state index >= 15 is 4.39 Å². The molecule has 4 aromatic rings.